The number of hydrogen-bond donors (Lipinski definition) is 2. The van der Waals surface area contributed by atoms with Gasteiger partial charge in [-0.15, -0.1) is 0 Å². The molecule has 1 unspecified atom stereocenters. The van der Waals surface area contributed by atoms with Crippen molar-refractivity contribution in [2.24, 2.45) is 5.73 Å². The van der Waals surface area contributed by atoms with Gasteiger partial charge in [-0.25, -0.2) is 0 Å². The Labute approximate surface area is 153 Å². The normalized spacial score (nSPS) is 14.4. The maximum atomic E-state index is 11.5. The molecule has 3 nitrogen and oxygen atoms in total. The maximum absolute atomic E-state index is 11.5. The zero-order chi connectivity index (χ0) is 17.9. The predicted octanol–water partition coefficient (Wildman–Crippen LogP) is 4.48. The third-order valence-electron chi connectivity index (χ3n) is 4.95. The van der Waals surface area contributed by atoms with Crippen molar-refractivity contribution >= 4 is 11.6 Å². The summed E-state index contributed by atoms with van der Waals surface area (Å²) in [5.41, 5.74) is 13.3. The van der Waals surface area contributed by atoms with E-state index in [1.807, 2.05) is 24.3 Å². The van der Waals surface area contributed by atoms with Crippen LogP contribution >= 0.6 is 0 Å². The smallest absolute Gasteiger partial charge is 0.224 e. The highest BCUT2D eigenvalue weighted by Crippen LogP contribution is 2.30. The highest BCUT2D eigenvalue weighted by Gasteiger charge is 2.15. The molecule has 0 aromatic heterocycles. The van der Waals surface area contributed by atoms with Gasteiger partial charge < -0.3 is 11.1 Å². The second-order valence-corrected chi connectivity index (χ2v) is 6.84. The molecule has 3 N–H and O–H groups in total. The number of nitrogens with two attached hydrogens (primary N) is 1. The number of rotatable bonds is 4. The van der Waals surface area contributed by atoms with Crippen molar-refractivity contribution in [1.82, 2.24) is 0 Å². The van der Waals surface area contributed by atoms with Gasteiger partial charge in [0.2, 0.25) is 5.91 Å². The Kier molecular flexibility index (Phi) is 4.55. The van der Waals surface area contributed by atoms with Crippen molar-refractivity contribution in [3.8, 4) is 11.1 Å². The van der Waals surface area contributed by atoms with Gasteiger partial charge in [0.1, 0.15) is 0 Å². The second-order valence-electron chi connectivity index (χ2n) is 6.84. The number of benzene rings is 3. The molecule has 0 saturated heterocycles. The third kappa shape index (κ3) is 3.53. The number of fused-ring (bicyclic) bond motifs is 1. The largest absolute Gasteiger partial charge is 0.326 e. The fraction of sp³-hybridized carbons (Fsp3) is 0.174. The van der Waals surface area contributed by atoms with Crippen LogP contribution in [0.3, 0.4) is 0 Å². The van der Waals surface area contributed by atoms with E-state index in [9.17, 15) is 4.79 Å². The molecular weight excluding hydrogens is 320 g/mol. The summed E-state index contributed by atoms with van der Waals surface area (Å²) < 4.78 is 0. The summed E-state index contributed by atoms with van der Waals surface area (Å²) in [6.07, 6.45) is 2.17. The van der Waals surface area contributed by atoms with Gasteiger partial charge in [-0.3, -0.25) is 4.79 Å². The van der Waals surface area contributed by atoms with Gasteiger partial charge in [-0.05, 0) is 58.9 Å². The van der Waals surface area contributed by atoms with E-state index in [1.165, 1.54) is 11.1 Å². The Morgan fingerprint density at radius 3 is 2.54 bits per heavy atom. The molecule has 130 valence electrons. The molecule has 1 aliphatic heterocycles. The van der Waals surface area contributed by atoms with E-state index in [4.69, 9.17) is 5.73 Å². The highest BCUT2D eigenvalue weighted by atomic mass is 16.1. The second kappa shape index (κ2) is 7.14. The molecule has 26 heavy (non-hydrogen) atoms. The lowest BCUT2D eigenvalue weighted by atomic mass is 9.93. The van der Waals surface area contributed by atoms with Crippen LogP contribution in [0.1, 0.15) is 29.2 Å². The first-order valence-electron chi connectivity index (χ1n) is 9.02. The number of amides is 1. The van der Waals surface area contributed by atoms with E-state index < -0.39 is 0 Å². The Balaban J connectivity index is 1.59. The lowest BCUT2D eigenvalue weighted by Crippen LogP contribution is -2.18. The van der Waals surface area contributed by atoms with Gasteiger partial charge >= 0.3 is 0 Å². The minimum Gasteiger partial charge on any atom is -0.326 e. The standard InChI is InChI=1S/C23H22N2O/c24-21(13-16-5-2-1-3-6-16)19-8-4-7-17(14-19)18-9-11-22-20(15-18)10-12-23(26)25-22/h1-9,11,14-15,21H,10,12-13,24H2,(H,25,26). The van der Waals surface area contributed by atoms with Gasteiger partial charge in [-0.1, -0.05) is 54.6 Å². The van der Waals surface area contributed by atoms with Crippen LogP contribution in [0.5, 0.6) is 0 Å². The van der Waals surface area contributed by atoms with Crippen molar-refractivity contribution in [3.05, 3.63) is 89.5 Å². The summed E-state index contributed by atoms with van der Waals surface area (Å²) in [6.45, 7) is 0. The molecule has 0 bridgehead atoms. The average Bonchev–Trinajstić information content (AvgIpc) is 2.68. The lowest BCUT2D eigenvalue weighted by Gasteiger charge is -2.18. The molecule has 3 aromatic rings. The van der Waals surface area contributed by atoms with Gasteiger partial charge in [-0.2, -0.15) is 0 Å². The quantitative estimate of drug-likeness (QED) is 0.734. The van der Waals surface area contributed by atoms with E-state index in [2.05, 4.69) is 53.8 Å². The number of hydrogen-bond acceptors (Lipinski definition) is 2. The van der Waals surface area contributed by atoms with Crippen molar-refractivity contribution in [1.29, 1.82) is 0 Å². The zero-order valence-corrected chi connectivity index (χ0v) is 14.6. The van der Waals surface area contributed by atoms with Crippen LogP contribution in [0.25, 0.3) is 11.1 Å². The van der Waals surface area contributed by atoms with Crippen LogP contribution in [0, 0.1) is 0 Å². The first-order chi connectivity index (χ1) is 12.7. The molecule has 0 spiro atoms. The fourth-order valence-corrected chi connectivity index (χ4v) is 3.50. The fourth-order valence-electron chi connectivity index (χ4n) is 3.50. The minimum absolute atomic E-state index is 0.0331. The van der Waals surface area contributed by atoms with Crippen LogP contribution < -0.4 is 11.1 Å². The molecule has 1 heterocycles. The molecule has 1 aliphatic rings. The van der Waals surface area contributed by atoms with E-state index in [0.29, 0.717) is 6.42 Å². The average molecular weight is 342 g/mol. The predicted molar refractivity (Wildman–Crippen MR) is 106 cm³/mol. The molecule has 0 saturated carbocycles. The summed E-state index contributed by atoms with van der Waals surface area (Å²) in [5, 5.41) is 2.94. The first-order valence-corrected chi connectivity index (χ1v) is 9.02. The van der Waals surface area contributed by atoms with Crippen LogP contribution in [0.15, 0.2) is 72.8 Å². The third-order valence-corrected chi connectivity index (χ3v) is 4.95. The van der Waals surface area contributed by atoms with Crippen molar-refractivity contribution in [3.63, 3.8) is 0 Å². The molecular formula is C23H22N2O. The van der Waals surface area contributed by atoms with Crippen molar-refractivity contribution in [2.75, 3.05) is 5.32 Å². The number of carbonyl (C=O) groups is 1. The zero-order valence-electron chi connectivity index (χ0n) is 14.6. The van der Waals surface area contributed by atoms with Crippen LogP contribution in [0.2, 0.25) is 0 Å². The highest BCUT2D eigenvalue weighted by molar-refractivity contribution is 5.94. The maximum Gasteiger partial charge on any atom is 0.224 e. The molecule has 0 aliphatic carbocycles. The SMILES string of the molecule is NC(Cc1ccccc1)c1cccc(-c2ccc3c(c2)CCC(=O)N3)c1. The summed E-state index contributed by atoms with van der Waals surface area (Å²) >= 11 is 0. The van der Waals surface area contributed by atoms with Crippen molar-refractivity contribution in [2.45, 2.75) is 25.3 Å². The number of aryl methyl sites for hydroxylation is 1. The topological polar surface area (TPSA) is 55.1 Å². The van der Waals surface area contributed by atoms with Crippen LogP contribution in [0.4, 0.5) is 5.69 Å². The van der Waals surface area contributed by atoms with Gasteiger partial charge in [0, 0.05) is 18.2 Å². The molecule has 3 aromatic carbocycles. The van der Waals surface area contributed by atoms with E-state index >= 15 is 0 Å². The van der Waals surface area contributed by atoms with Gasteiger partial charge in [0.15, 0.2) is 0 Å². The summed E-state index contributed by atoms with van der Waals surface area (Å²) in [6, 6.07) is 25.0. The number of anilines is 1. The Hall–Kier alpha value is -2.91. The van der Waals surface area contributed by atoms with Crippen LogP contribution in [-0.4, -0.2) is 5.91 Å². The van der Waals surface area contributed by atoms with Crippen LogP contribution in [-0.2, 0) is 17.6 Å². The molecule has 1 atom stereocenters. The molecule has 4 rings (SSSR count). The Morgan fingerprint density at radius 2 is 1.69 bits per heavy atom. The molecule has 3 heteroatoms. The Bertz CT molecular complexity index is 934. The summed E-state index contributed by atoms with van der Waals surface area (Å²) in [4.78, 5) is 11.5. The first kappa shape index (κ1) is 16.6. The van der Waals surface area contributed by atoms with E-state index in [0.717, 1.165) is 35.2 Å². The van der Waals surface area contributed by atoms with Crippen molar-refractivity contribution < 1.29 is 4.79 Å². The Morgan fingerprint density at radius 1 is 0.885 bits per heavy atom. The van der Waals surface area contributed by atoms with E-state index in [1.54, 1.807) is 0 Å². The number of carbonyl (C=O) groups excluding carboxylic acids is 1. The van der Waals surface area contributed by atoms with E-state index in [-0.39, 0.29) is 11.9 Å². The molecule has 1 amide bonds. The van der Waals surface area contributed by atoms with Gasteiger partial charge in [0.25, 0.3) is 0 Å². The summed E-state index contributed by atoms with van der Waals surface area (Å²) in [5.74, 6) is 0.0964. The lowest BCUT2D eigenvalue weighted by molar-refractivity contribution is -0.116. The van der Waals surface area contributed by atoms with Gasteiger partial charge in [0.05, 0.1) is 0 Å². The molecule has 0 fully saturated rings. The number of nitrogens with one attached hydrogen (secondary N) is 1. The summed E-state index contributed by atoms with van der Waals surface area (Å²) in [7, 11) is 0. The monoisotopic (exact) mass is 342 g/mol. The minimum atomic E-state index is -0.0331. The molecule has 0 radical (unpaired) electrons.